The second-order valence-corrected chi connectivity index (χ2v) is 7.34. The zero-order valence-electron chi connectivity index (χ0n) is 17.9. The lowest BCUT2D eigenvalue weighted by molar-refractivity contribution is -0.119. The van der Waals surface area contributed by atoms with Crippen molar-refractivity contribution < 1.29 is 23.8 Å². The highest BCUT2D eigenvalue weighted by molar-refractivity contribution is 5.99. The number of ketones is 1. The third kappa shape index (κ3) is 4.22. The van der Waals surface area contributed by atoms with Crippen LogP contribution in [0.1, 0.15) is 54.2 Å². The molecule has 1 amide bonds. The normalized spacial score (nSPS) is 16.4. The largest absolute Gasteiger partial charge is 0.493 e. The summed E-state index contributed by atoms with van der Waals surface area (Å²) in [5.41, 5.74) is 2.02. The third-order valence-corrected chi connectivity index (χ3v) is 5.49. The van der Waals surface area contributed by atoms with Crippen LogP contribution in [0.25, 0.3) is 0 Å². The van der Waals surface area contributed by atoms with Crippen LogP contribution in [0.2, 0.25) is 0 Å². The van der Waals surface area contributed by atoms with Gasteiger partial charge in [-0.1, -0.05) is 13.8 Å². The van der Waals surface area contributed by atoms with Crippen LogP contribution in [0, 0.1) is 5.92 Å². The van der Waals surface area contributed by atoms with E-state index < -0.39 is 0 Å². The molecule has 0 fully saturated rings. The van der Waals surface area contributed by atoms with E-state index in [0.29, 0.717) is 41.3 Å². The van der Waals surface area contributed by atoms with Crippen LogP contribution in [0.5, 0.6) is 17.2 Å². The highest BCUT2D eigenvalue weighted by atomic mass is 16.5. The second kappa shape index (κ2) is 9.11. The van der Waals surface area contributed by atoms with E-state index in [1.54, 1.807) is 21.3 Å². The predicted molar refractivity (Wildman–Crippen MR) is 112 cm³/mol. The fourth-order valence-corrected chi connectivity index (χ4v) is 3.50. The van der Waals surface area contributed by atoms with E-state index in [1.165, 1.54) is 6.20 Å². The molecule has 2 aromatic rings. The fraction of sp³-hybridized carbons (Fsp3) is 0.455. The number of hydrogen-bond acceptors (Lipinski definition) is 7. The monoisotopic (exact) mass is 413 g/mol. The minimum Gasteiger partial charge on any atom is -0.493 e. The molecule has 0 unspecified atom stereocenters. The summed E-state index contributed by atoms with van der Waals surface area (Å²) >= 11 is 0. The lowest BCUT2D eigenvalue weighted by Gasteiger charge is -2.25. The molecule has 1 heterocycles. The summed E-state index contributed by atoms with van der Waals surface area (Å²) in [5, 5.41) is 2.73. The van der Waals surface area contributed by atoms with Gasteiger partial charge in [-0.3, -0.25) is 14.9 Å². The van der Waals surface area contributed by atoms with Crippen molar-refractivity contribution in [3.8, 4) is 17.2 Å². The first-order valence-electron chi connectivity index (χ1n) is 9.91. The van der Waals surface area contributed by atoms with Crippen LogP contribution >= 0.6 is 0 Å². The second-order valence-electron chi connectivity index (χ2n) is 7.34. The number of Topliss-reactive ketones (excluding diaryl/α,β-unsaturated/α-hetero) is 1. The highest BCUT2D eigenvalue weighted by Crippen LogP contribution is 2.42. The number of rotatable bonds is 7. The van der Waals surface area contributed by atoms with Crippen LogP contribution in [-0.2, 0) is 11.2 Å². The number of benzene rings is 1. The van der Waals surface area contributed by atoms with Crippen molar-refractivity contribution in [1.82, 2.24) is 9.97 Å². The molecule has 8 heteroatoms. The van der Waals surface area contributed by atoms with Crippen molar-refractivity contribution in [2.45, 2.75) is 39.0 Å². The molecule has 3 rings (SSSR count). The Bertz CT molecular complexity index is 935. The number of nitrogens with zero attached hydrogens (tertiary/aromatic N) is 2. The van der Waals surface area contributed by atoms with E-state index in [9.17, 15) is 9.59 Å². The lowest BCUT2D eigenvalue weighted by Crippen LogP contribution is -2.24. The smallest absolute Gasteiger partial charge is 0.229 e. The van der Waals surface area contributed by atoms with Gasteiger partial charge in [0.2, 0.25) is 17.6 Å². The van der Waals surface area contributed by atoms with Crippen LogP contribution in [0.4, 0.5) is 5.95 Å². The predicted octanol–water partition coefficient (Wildman–Crippen LogP) is 3.40. The number of ether oxygens (including phenoxy) is 3. The Labute approximate surface area is 176 Å². The van der Waals surface area contributed by atoms with Gasteiger partial charge in [-0.05, 0) is 36.5 Å². The Kier molecular flexibility index (Phi) is 6.54. The van der Waals surface area contributed by atoms with Crippen molar-refractivity contribution in [3.63, 3.8) is 0 Å². The van der Waals surface area contributed by atoms with Gasteiger partial charge in [0.05, 0.1) is 32.6 Å². The van der Waals surface area contributed by atoms with Gasteiger partial charge in [0.1, 0.15) is 0 Å². The van der Waals surface area contributed by atoms with Crippen molar-refractivity contribution in [2.75, 3.05) is 26.6 Å². The molecular formula is C22H27N3O5. The summed E-state index contributed by atoms with van der Waals surface area (Å²) in [6.07, 6.45) is 3.09. The molecule has 0 bridgehead atoms. The molecule has 0 saturated carbocycles. The lowest BCUT2D eigenvalue weighted by atomic mass is 9.82. The van der Waals surface area contributed by atoms with Crippen LogP contribution < -0.4 is 19.5 Å². The molecule has 0 radical (unpaired) electrons. The van der Waals surface area contributed by atoms with Gasteiger partial charge in [0.15, 0.2) is 17.3 Å². The zero-order valence-corrected chi connectivity index (χ0v) is 17.9. The summed E-state index contributed by atoms with van der Waals surface area (Å²) in [5.74, 6) is 1.38. The number of anilines is 1. The maximum Gasteiger partial charge on any atom is 0.229 e. The Morgan fingerprint density at radius 1 is 1.17 bits per heavy atom. The van der Waals surface area contributed by atoms with Gasteiger partial charge in [-0.2, -0.15) is 0 Å². The first-order valence-corrected chi connectivity index (χ1v) is 9.91. The number of amides is 1. The standard InChI is InChI=1S/C22H27N3O5/c1-6-12(2)21(27)25-22-23-11-15-16(24-22)7-13(8-17(15)26)14-9-18(28-3)20(30-5)19(10-14)29-4/h9-13H,6-8H2,1-5H3,(H,23,24,25,27)/t12-,13-/m0/s1. The quantitative estimate of drug-likeness (QED) is 0.742. The molecule has 1 aromatic heterocycles. The number of carbonyl (C=O) groups excluding carboxylic acids is 2. The number of carbonyl (C=O) groups is 2. The van der Waals surface area contributed by atoms with Crippen molar-refractivity contribution in [3.05, 3.63) is 35.2 Å². The first-order chi connectivity index (χ1) is 14.4. The van der Waals surface area contributed by atoms with Crippen LogP contribution in [0.15, 0.2) is 18.3 Å². The van der Waals surface area contributed by atoms with Gasteiger partial charge < -0.3 is 14.2 Å². The molecule has 2 atom stereocenters. The molecule has 1 aromatic carbocycles. The first kappa shape index (κ1) is 21.5. The molecule has 160 valence electrons. The van der Waals surface area contributed by atoms with Gasteiger partial charge >= 0.3 is 0 Å². The molecule has 1 aliphatic carbocycles. The van der Waals surface area contributed by atoms with Crippen molar-refractivity contribution in [2.24, 2.45) is 5.92 Å². The number of fused-ring (bicyclic) bond motifs is 1. The van der Waals surface area contributed by atoms with Crippen LogP contribution in [0.3, 0.4) is 0 Å². The number of methoxy groups -OCH3 is 3. The molecule has 8 nitrogen and oxygen atoms in total. The number of hydrogen-bond donors (Lipinski definition) is 1. The number of aromatic nitrogens is 2. The average molecular weight is 413 g/mol. The van der Waals surface area contributed by atoms with Crippen molar-refractivity contribution >= 4 is 17.6 Å². The van der Waals surface area contributed by atoms with E-state index in [-0.39, 0.29) is 29.5 Å². The van der Waals surface area contributed by atoms with E-state index in [2.05, 4.69) is 15.3 Å². The molecule has 0 saturated heterocycles. The fourth-order valence-electron chi connectivity index (χ4n) is 3.50. The Morgan fingerprint density at radius 2 is 1.83 bits per heavy atom. The maximum absolute atomic E-state index is 12.7. The van der Waals surface area contributed by atoms with E-state index in [1.807, 2.05) is 26.0 Å². The topological polar surface area (TPSA) is 99.6 Å². The molecular weight excluding hydrogens is 386 g/mol. The Morgan fingerprint density at radius 3 is 2.40 bits per heavy atom. The third-order valence-electron chi connectivity index (χ3n) is 5.49. The van der Waals surface area contributed by atoms with E-state index >= 15 is 0 Å². The van der Waals surface area contributed by atoms with Crippen LogP contribution in [-0.4, -0.2) is 43.0 Å². The molecule has 1 aliphatic rings. The minimum absolute atomic E-state index is 0.0326. The summed E-state index contributed by atoms with van der Waals surface area (Å²) in [7, 11) is 4.66. The van der Waals surface area contributed by atoms with E-state index in [4.69, 9.17) is 14.2 Å². The van der Waals surface area contributed by atoms with Gasteiger partial charge in [0, 0.05) is 18.5 Å². The Hall–Kier alpha value is -3.16. The van der Waals surface area contributed by atoms with E-state index in [0.717, 1.165) is 12.0 Å². The maximum atomic E-state index is 12.7. The van der Waals surface area contributed by atoms with Gasteiger partial charge in [0.25, 0.3) is 0 Å². The molecule has 1 N–H and O–H groups in total. The SMILES string of the molecule is CC[C@H](C)C(=O)Nc1ncc2c(n1)C[C@H](c1cc(OC)c(OC)c(OC)c1)CC2=O. The van der Waals surface area contributed by atoms with Gasteiger partial charge in [-0.25, -0.2) is 9.97 Å². The number of nitrogens with one attached hydrogen (secondary N) is 1. The minimum atomic E-state index is -0.141. The zero-order chi connectivity index (χ0) is 21.8. The summed E-state index contributed by atoms with van der Waals surface area (Å²) < 4.78 is 16.3. The molecule has 30 heavy (non-hydrogen) atoms. The van der Waals surface area contributed by atoms with Gasteiger partial charge in [-0.15, -0.1) is 0 Å². The molecule has 0 aliphatic heterocycles. The summed E-state index contributed by atoms with van der Waals surface area (Å²) in [4.78, 5) is 33.5. The summed E-state index contributed by atoms with van der Waals surface area (Å²) in [6, 6.07) is 3.72. The highest BCUT2D eigenvalue weighted by Gasteiger charge is 2.30. The Balaban J connectivity index is 1.92. The van der Waals surface area contributed by atoms with Crippen molar-refractivity contribution in [1.29, 1.82) is 0 Å². The summed E-state index contributed by atoms with van der Waals surface area (Å²) in [6.45, 7) is 3.79. The average Bonchev–Trinajstić information content (AvgIpc) is 2.76. The molecule has 0 spiro atoms.